The number of ether oxygens (including phenoxy) is 1. The van der Waals surface area contributed by atoms with E-state index >= 15 is 0 Å². The number of anilines is 1. The van der Waals surface area contributed by atoms with Crippen LogP contribution >= 0.6 is 15.9 Å². The predicted octanol–water partition coefficient (Wildman–Crippen LogP) is 2.95. The first-order valence-electron chi connectivity index (χ1n) is 6.19. The molecule has 0 saturated heterocycles. The van der Waals surface area contributed by atoms with Crippen LogP contribution in [0, 0.1) is 6.92 Å². The number of pyridine rings is 1. The number of hydrogen-bond donors (Lipinski definition) is 1. The minimum Gasteiger partial charge on any atom is -0.452 e. The Balaban J connectivity index is 1.87. The van der Waals surface area contributed by atoms with E-state index in [2.05, 4.69) is 26.2 Å². The van der Waals surface area contributed by atoms with E-state index in [1.165, 1.54) is 6.20 Å². The number of aryl methyl sites for hydroxylation is 1. The number of halogens is 1. The minimum absolute atomic E-state index is 0.310. The first-order chi connectivity index (χ1) is 10.1. The Morgan fingerprint density at radius 3 is 2.81 bits per heavy atom. The topological polar surface area (TPSA) is 68.3 Å². The zero-order valence-electron chi connectivity index (χ0n) is 11.3. The number of nitrogens with one attached hydrogen (secondary N) is 1. The lowest BCUT2D eigenvalue weighted by Crippen LogP contribution is -2.21. The van der Waals surface area contributed by atoms with Crippen molar-refractivity contribution in [3.63, 3.8) is 0 Å². The quantitative estimate of drug-likeness (QED) is 0.862. The van der Waals surface area contributed by atoms with Crippen molar-refractivity contribution in [1.82, 2.24) is 4.98 Å². The molecule has 108 valence electrons. The highest BCUT2D eigenvalue weighted by atomic mass is 79.9. The fraction of sp³-hybridized carbons (Fsp3) is 0.133. The fourth-order valence-electron chi connectivity index (χ4n) is 1.62. The van der Waals surface area contributed by atoms with Gasteiger partial charge in [0.2, 0.25) is 0 Å². The largest absolute Gasteiger partial charge is 0.452 e. The first kappa shape index (κ1) is 15.2. The van der Waals surface area contributed by atoms with Gasteiger partial charge in [0.05, 0.1) is 5.56 Å². The molecule has 0 aliphatic carbocycles. The van der Waals surface area contributed by atoms with E-state index in [-0.39, 0.29) is 6.61 Å². The van der Waals surface area contributed by atoms with Crippen LogP contribution in [0.25, 0.3) is 0 Å². The van der Waals surface area contributed by atoms with Crippen molar-refractivity contribution in [3.05, 3.63) is 58.3 Å². The van der Waals surface area contributed by atoms with E-state index < -0.39 is 11.9 Å². The summed E-state index contributed by atoms with van der Waals surface area (Å²) in [6.45, 7) is 1.57. The normalized spacial score (nSPS) is 10.0. The predicted molar refractivity (Wildman–Crippen MR) is 82.0 cm³/mol. The van der Waals surface area contributed by atoms with E-state index in [1.807, 2.05) is 19.1 Å². The summed E-state index contributed by atoms with van der Waals surface area (Å²) in [5.41, 5.74) is 1.96. The van der Waals surface area contributed by atoms with Gasteiger partial charge >= 0.3 is 5.97 Å². The van der Waals surface area contributed by atoms with Gasteiger partial charge in [-0.1, -0.05) is 15.9 Å². The second-order valence-corrected chi connectivity index (χ2v) is 5.18. The molecule has 0 spiro atoms. The smallest absolute Gasteiger partial charge is 0.340 e. The summed E-state index contributed by atoms with van der Waals surface area (Å²) in [5, 5.41) is 2.66. The minimum atomic E-state index is -0.578. The average Bonchev–Trinajstić information content (AvgIpc) is 2.49. The molecule has 0 fully saturated rings. The van der Waals surface area contributed by atoms with Gasteiger partial charge in [-0.15, -0.1) is 0 Å². The number of carbonyl (C=O) groups excluding carboxylic acids is 2. The Morgan fingerprint density at radius 2 is 2.14 bits per heavy atom. The maximum Gasteiger partial charge on any atom is 0.340 e. The van der Waals surface area contributed by atoms with Crippen molar-refractivity contribution in [1.29, 1.82) is 0 Å². The summed E-state index contributed by atoms with van der Waals surface area (Å²) in [6, 6.07) is 8.63. The first-order valence-corrected chi connectivity index (χ1v) is 6.99. The van der Waals surface area contributed by atoms with E-state index in [9.17, 15) is 9.59 Å². The van der Waals surface area contributed by atoms with Crippen LogP contribution in [0.15, 0.2) is 47.2 Å². The number of hydrogen-bond acceptors (Lipinski definition) is 4. The van der Waals surface area contributed by atoms with Gasteiger partial charge in [0, 0.05) is 22.6 Å². The molecule has 5 nitrogen and oxygen atoms in total. The summed E-state index contributed by atoms with van der Waals surface area (Å²) in [4.78, 5) is 27.2. The Morgan fingerprint density at radius 1 is 1.33 bits per heavy atom. The van der Waals surface area contributed by atoms with Crippen LogP contribution in [0.4, 0.5) is 5.69 Å². The van der Waals surface area contributed by atoms with Gasteiger partial charge in [-0.25, -0.2) is 4.79 Å². The molecule has 2 rings (SSSR count). The van der Waals surface area contributed by atoms with Gasteiger partial charge in [0.15, 0.2) is 6.61 Å². The van der Waals surface area contributed by atoms with E-state index in [4.69, 9.17) is 4.74 Å². The Hall–Kier alpha value is -2.21. The number of nitrogens with zero attached hydrogens (tertiary/aromatic N) is 1. The van der Waals surface area contributed by atoms with Gasteiger partial charge in [-0.3, -0.25) is 9.78 Å². The molecule has 0 bridgehead atoms. The molecule has 0 atom stereocenters. The molecule has 0 unspecified atom stereocenters. The Kier molecular flexibility index (Phi) is 5.05. The number of amides is 1. The molecule has 6 heteroatoms. The summed E-state index contributed by atoms with van der Waals surface area (Å²) in [5.74, 6) is -0.973. The lowest BCUT2D eigenvalue weighted by Gasteiger charge is -2.08. The molecule has 1 aromatic carbocycles. The monoisotopic (exact) mass is 348 g/mol. The number of rotatable bonds is 4. The third kappa shape index (κ3) is 4.39. The zero-order valence-corrected chi connectivity index (χ0v) is 12.9. The molecule has 1 aromatic heterocycles. The van der Waals surface area contributed by atoms with Crippen LogP contribution in [-0.2, 0) is 9.53 Å². The highest BCUT2D eigenvalue weighted by Gasteiger charge is 2.10. The molecule has 0 aliphatic heterocycles. The standard InChI is InChI=1S/C15H13BrN2O3/c1-10-7-12(4-5-13(10)16)18-14(19)9-21-15(20)11-3-2-6-17-8-11/h2-8H,9H2,1H3,(H,18,19). The average molecular weight is 349 g/mol. The maximum absolute atomic E-state index is 11.7. The molecule has 2 aromatic rings. The zero-order chi connectivity index (χ0) is 15.2. The fourth-order valence-corrected chi connectivity index (χ4v) is 1.86. The molecule has 0 radical (unpaired) electrons. The number of carbonyl (C=O) groups is 2. The van der Waals surface area contributed by atoms with Gasteiger partial charge in [-0.2, -0.15) is 0 Å². The lowest BCUT2D eigenvalue weighted by molar-refractivity contribution is -0.119. The molecule has 1 heterocycles. The van der Waals surface area contributed by atoms with Crippen LogP contribution in [0.1, 0.15) is 15.9 Å². The van der Waals surface area contributed by atoms with Crippen LogP contribution in [0.5, 0.6) is 0 Å². The molecule has 1 N–H and O–H groups in total. The SMILES string of the molecule is Cc1cc(NC(=O)COC(=O)c2cccnc2)ccc1Br. The molecule has 1 amide bonds. The molecule has 21 heavy (non-hydrogen) atoms. The number of aromatic nitrogens is 1. The van der Waals surface area contributed by atoms with Crippen LogP contribution in [-0.4, -0.2) is 23.5 Å². The summed E-state index contributed by atoms with van der Waals surface area (Å²) >= 11 is 3.38. The van der Waals surface area contributed by atoms with Crippen molar-refractivity contribution in [3.8, 4) is 0 Å². The van der Waals surface area contributed by atoms with Crippen molar-refractivity contribution in [2.75, 3.05) is 11.9 Å². The number of esters is 1. The van der Waals surface area contributed by atoms with E-state index in [0.717, 1.165) is 10.0 Å². The molecular weight excluding hydrogens is 336 g/mol. The molecule has 0 saturated carbocycles. The Labute approximate surface area is 130 Å². The molecular formula is C15H13BrN2O3. The van der Waals surface area contributed by atoms with E-state index in [0.29, 0.717) is 11.3 Å². The summed E-state index contributed by atoms with van der Waals surface area (Å²) in [6.07, 6.45) is 2.94. The molecule has 0 aliphatic rings. The third-order valence-electron chi connectivity index (χ3n) is 2.67. The van der Waals surface area contributed by atoms with Crippen molar-refractivity contribution >= 4 is 33.5 Å². The van der Waals surface area contributed by atoms with Gasteiger partial charge in [0.1, 0.15) is 0 Å². The highest BCUT2D eigenvalue weighted by molar-refractivity contribution is 9.10. The van der Waals surface area contributed by atoms with Crippen molar-refractivity contribution < 1.29 is 14.3 Å². The van der Waals surface area contributed by atoms with Crippen molar-refractivity contribution in [2.24, 2.45) is 0 Å². The van der Waals surface area contributed by atoms with Gasteiger partial charge in [-0.05, 0) is 42.8 Å². The Bertz CT molecular complexity index is 659. The second-order valence-electron chi connectivity index (χ2n) is 4.33. The van der Waals surface area contributed by atoms with Crippen LogP contribution < -0.4 is 5.32 Å². The van der Waals surface area contributed by atoms with Crippen LogP contribution in [0.3, 0.4) is 0 Å². The third-order valence-corrected chi connectivity index (χ3v) is 3.56. The van der Waals surface area contributed by atoms with Crippen molar-refractivity contribution in [2.45, 2.75) is 6.92 Å². The summed E-state index contributed by atoms with van der Waals surface area (Å²) < 4.78 is 5.88. The summed E-state index contributed by atoms with van der Waals surface area (Å²) in [7, 11) is 0. The van der Waals surface area contributed by atoms with Gasteiger partial charge in [0.25, 0.3) is 5.91 Å². The van der Waals surface area contributed by atoms with Crippen LogP contribution in [0.2, 0.25) is 0 Å². The van der Waals surface area contributed by atoms with Gasteiger partial charge < -0.3 is 10.1 Å². The van der Waals surface area contributed by atoms with E-state index in [1.54, 1.807) is 24.4 Å². The highest BCUT2D eigenvalue weighted by Crippen LogP contribution is 2.19. The maximum atomic E-state index is 11.7. The number of benzene rings is 1. The lowest BCUT2D eigenvalue weighted by atomic mass is 10.2. The second kappa shape index (κ2) is 6.99.